The molecule has 1 N–H and O–H groups in total. The molecule has 3 heterocycles. The molecule has 0 spiro atoms. The molecule has 1 saturated heterocycles. The lowest BCUT2D eigenvalue weighted by Gasteiger charge is -2.31. The van der Waals surface area contributed by atoms with Crippen LogP contribution in [0.3, 0.4) is 0 Å². The van der Waals surface area contributed by atoms with Crippen LogP contribution in [-0.4, -0.2) is 39.8 Å². The molecule has 0 aliphatic carbocycles. The van der Waals surface area contributed by atoms with E-state index in [9.17, 15) is 4.79 Å². The molecule has 1 aliphatic heterocycles. The summed E-state index contributed by atoms with van der Waals surface area (Å²) < 4.78 is 2.14. The summed E-state index contributed by atoms with van der Waals surface area (Å²) in [4.78, 5) is 15.0. The maximum Gasteiger partial charge on any atom is 0.223 e. The molecule has 1 amide bonds. The van der Waals surface area contributed by atoms with E-state index in [0.29, 0.717) is 0 Å². The van der Waals surface area contributed by atoms with Crippen molar-refractivity contribution >= 4 is 22.4 Å². The minimum Gasteiger partial charge on any atom is -0.353 e. The van der Waals surface area contributed by atoms with Gasteiger partial charge in [0.1, 0.15) is 0 Å². The molecule has 4 rings (SSSR count). The van der Waals surface area contributed by atoms with Gasteiger partial charge in [0.2, 0.25) is 16.2 Å². The highest BCUT2D eigenvalue weighted by atomic mass is 32.1. The quantitative estimate of drug-likeness (QED) is 0.599. The standard InChI is InChI=1S/C24H31N5OS/c1-17(9-12-20-7-5-4-6-8-20)25-22(30)21-13-15-28(16-14-21)23-26-27-24(31-23)29-18(2)10-11-19(29)3/h4-8,10-11,17,21H,9,12-16H2,1-3H3,(H,25,30). The van der Waals surface area contributed by atoms with Crippen LogP contribution >= 0.6 is 11.3 Å². The Morgan fingerprint density at radius 1 is 1.06 bits per heavy atom. The Balaban J connectivity index is 1.26. The van der Waals surface area contributed by atoms with Gasteiger partial charge in [0.05, 0.1) is 0 Å². The van der Waals surface area contributed by atoms with Gasteiger partial charge in [0.15, 0.2) is 0 Å². The van der Waals surface area contributed by atoms with Crippen LogP contribution in [-0.2, 0) is 11.2 Å². The second-order valence-electron chi connectivity index (χ2n) is 8.51. The van der Waals surface area contributed by atoms with Crippen molar-refractivity contribution < 1.29 is 4.79 Å². The van der Waals surface area contributed by atoms with Crippen molar-refractivity contribution in [2.24, 2.45) is 5.92 Å². The fourth-order valence-electron chi connectivity index (χ4n) is 4.19. The molecule has 164 valence electrons. The predicted molar refractivity (Wildman–Crippen MR) is 126 cm³/mol. The van der Waals surface area contributed by atoms with Crippen molar-refractivity contribution in [3.05, 3.63) is 59.4 Å². The van der Waals surface area contributed by atoms with Crippen molar-refractivity contribution in [2.45, 2.75) is 52.5 Å². The lowest BCUT2D eigenvalue weighted by molar-refractivity contribution is -0.126. The molecule has 1 atom stereocenters. The van der Waals surface area contributed by atoms with Crippen LogP contribution in [0.15, 0.2) is 42.5 Å². The Labute approximate surface area is 188 Å². The van der Waals surface area contributed by atoms with Crippen LogP contribution < -0.4 is 10.2 Å². The Hall–Kier alpha value is -2.67. The number of carbonyl (C=O) groups excluding carboxylic acids is 1. The van der Waals surface area contributed by atoms with E-state index in [2.05, 4.69) is 82.2 Å². The van der Waals surface area contributed by atoms with Crippen LogP contribution in [0.4, 0.5) is 5.13 Å². The summed E-state index contributed by atoms with van der Waals surface area (Å²) >= 11 is 1.62. The van der Waals surface area contributed by atoms with E-state index < -0.39 is 0 Å². The first kappa shape index (κ1) is 21.6. The number of amides is 1. The maximum atomic E-state index is 12.7. The molecular weight excluding hydrogens is 406 g/mol. The number of nitrogens with zero attached hydrogens (tertiary/aromatic N) is 4. The van der Waals surface area contributed by atoms with E-state index in [-0.39, 0.29) is 17.9 Å². The SMILES string of the molecule is Cc1ccc(C)n1-c1nnc(N2CCC(C(=O)NC(C)CCc3ccccc3)CC2)s1. The van der Waals surface area contributed by atoms with E-state index in [4.69, 9.17) is 0 Å². The van der Waals surface area contributed by atoms with Crippen molar-refractivity contribution in [3.63, 3.8) is 0 Å². The summed E-state index contributed by atoms with van der Waals surface area (Å²) in [6.07, 6.45) is 3.66. The van der Waals surface area contributed by atoms with Crippen molar-refractivity contribution in [3.8, 4) is 5.13 Å². The van der Waals surface area contributed by atoms with E-state index >= 15 is 0 Å². The Morgan fingerprint density at radius 2 is 1.71 bits per heavy atom. The number of benzene rings is 1. The molecule has 3 aromatic rings. The number of piperidine rings is 1. The van der Waals surface area contributed by atoms with Gasteiger partial charge in [-0.3, -0.25) is 9.36 Å². The van der Waals surface area contributed by atoms with Gasteiger partial charge < -0.3 is 10.2 Å². The molecule has 0 bridgehead atoms. The van der Waals surface area contributed by atoms with Crippen LogP contribution in [0.2, 0.25) is 0 Å². The molecule has 7 heteroatoms. The summed E-state index contributed by atoms with van der Waals surface area (Å²) in [7, 11) is 0. The fourth-order valence-corrected chi connectivity index (χ4v) is 5.21. The largest absolute Gasteiger partial charge is 0.353 e. The molecule has 1 fully saturated rings. The summed E-state index contributed by atoms with van der Waals surface area (Å²) in [6.45, 7) is 7.95. The van der Waals surface area contributed by atoms with Gasteiger partial charge in [-0.2, -0.15) is 0 Å². The van der Waals surface area contributed by atoms with Crippen LogP contribution in [0.1, 0.15) is 43.1 Å². The number of anilines is 1. The topological polar surface area (TPSA) is 63.1 Å². The van der Waals surface area contributed by atoms with E-state index in [1.165, 1.54) is 5.56 Å². The molecular formula is C24H31N5OS. The monoisotopic (exact) mass is 437 g/mol. The summed E-state index contributed by atoms with van der Waals surface area (Å²) in [6, 6.07) is 14.8. The number of nitrogens with one attached hydrogen (secondary N) is 1. The number of aryl methyl sites for hydroxylation is 3. The lowest BCUT2D eigenvalue weighted by Crippen LogP contribution is -2.43. The minimum atomic E-state index is 0.0803. The van der Waals surface area contributed by atoms with Crippen molar-refractivity contribution in [2.75, 3.05) is 18.0 Å². The van der Waals surface area contributed by atoms with E-state index in [0.717, 1.165) is 60.4 Å². The smallest absolute Gasteiger partial charge is 0.223 e. The molecule has 1 unspecified atom stereocenters. The number of hydrogen-bond acceptors (Lipinski definition) is 5. The average molecular weight is 438 g/mol. The van der Waals surface area contributed by atoms with E-state index in [1.807, 2.05) is 6.07 Å². The number of aromatic nitrogens is 3. The third kappa shape index (κ3) is 5.15. The lowest BCUT2D eigenvalue weighted by atomic mass is 9.95. The number of hydrogen-bond donors (Lipinski definition) is 1. The molecule has 1 aliphatic rings. The zero-order chi connectivity index (χ0) is 21.8. The van der Waals surface area contributed by atoms with Crippen molar-refractivity contribution in [1.29, 1.82) is 0 Å². The zero-order valence-electron chi connectivity index (χ0n) is 18.5. The number of rotatable bonds is 7. The molecule has 2 aromatic heterocycles. The first-order valence-corrected chi connectivity index (χ1v) is 11.9. The second kappa shape index (κ2) is 9.64. The average Bonchev–Trinajstić information content (AvgIpc) is 3.39. The van der Waals surface area contributed by atoms with E-state index in [1.54, 1.807) is 11.3 Å². The normalized spacial score (nSPS) is 15.8. The first-order chi connectivity index (χ1) is 15.0. The molecule has 1 aromatic carbocycles. The predicted octanol–water partition coefficient (Wildman–Crippen LogP) is 4.30. The number of carbonyl (C=O) groups is 1. The third-order valence-electron chi connectivity index (χ3n) is 6.10. The van der Waals surface area contributed by atoms with Gasteiger partial charge in [-0.05, 0) is 64.2 Å². The Bertz CT molecular complexity index is 985. The van der Waals surface area contributed by atoms with Gasteiger partial charge in [0, 0.05) is 36.4 Å². The third-order valence-corrected chi connectivity index (χ3v) is 7.07. The van der Waals surface area contributed by atoms with Crippen LogP contribution in [0.25, 0.3) is 5.13 Å². The summed E-state index contributed by atoms with van der Waals surface area (Å²) in [5.74, 6) is 0.272. The van der Waals surface area contributed by atoms with Crippen LogP contribution in [0, 0.1) is 19.8 Å². The fraction of sp³-hybridized carbons (Fsp3) is 0.458. The molecule has 6 nitrogen and oxygen atoms in total. The molecule has 0 saturated carbocycles. The highest BCUT2D eigenvalue weighted by Crippen LogP contribution is 2.29. The van der Waals surface area contributed by atoms with Crippen molar-refractivity contribution in [1.82, 2.24) is 20.1 Å². The summed E-state index contributed by atoms with van der Waals surface area (Å²) in [5, 5.41) is 13.9. The maximum absolute atomic E-state index is 12.7. The van der Waals surface area contributed by atoms with Crippen LogP contribution in [0.5, 0.6) is 0 Å². The second-order valence-corrected chi connectivity index (χ2v) is 9.45. The zero-order valence-corrected chi connectivity index (χ0v) is 19.4. The summed E-state index contributed by atoms with van der Waals surface area (Å²) in [5.41, 5.74) is 3.65. The highest BCUT2D eigenvalue weighted by molar-refractivity contribution is 7.17. The minimum absolute atomic E-state index is 0.0803. The van der Waals surface area contributed by atoms with Gasteiger partial charge in [0.25, 0.3) is 0 Å². The highest BCUT2D eigenvalue weighted by Gasteiger charge is 2.27. The molecule has 31 heavy (non-hydrogen) atoms. The first-order valence-electron chi connectivity index (χ1n) is 11.1. The van der Waals surface area contributed by atoms with Gasteiger partial charge >= 0.3 is 0 Å². The van der Waals surface area contributed by atoms with Gasteiger partial charge in [-0.1, -0.05) is 41.7 Å². The van der Waals surface area contributed by atoms with Gasteiger partial charge in [-0.25, -0.2) is 0 Å². The molecule has 0 radical (unpaired) electrons. The Kier molecular flexibility index (Phi) is 6.70. The van der Waals surface area contributed by atoms with Gasteiger partial charge in [-0.15, -0.1) is 10.2 Å². The Morgan fingerprint density at radius 3 is 2.39 bits per heavy atom.